The van der Waals surface area contributed by atoms with Crippen LogP contribution in [0.3, 0.4) is 0 Å². The molecule has 0 aliphatic rings. The van der Waals surface area contributed by atoms with Gasteiger partial charge >= 0.3 is 5.97 Å². The molecular formula is C14H18FNO3. The number of benzene rings is 1. The Morgan fingerprint density at radius 3 is 2.68 bits per heavy atom. The Hall–Kier alpha value is -1.91. The molecule has 1 aromatic rings. The van der Waals surface area contributed by atoms with Crippen molar-refractivity contribution in [3.63, 3.8) is 0 Å². The van der Waals surface area contributed by atoms with E-state index >= 15 is 0 Å². The summed E-state index contributed by atoms with van der Waals surface area (Å²) in [5.41, 5.74) is 0.840. The molecule has 0 atom stereocenters. The second-order valence-electron chi connectivity index (χ2n) is 4.27. The van der Waals surface area contributed by atoms with E-state index in [0.717, 1.165) is 5.56 Å². The quantitative estimate of drug-likeness (QED) is 0.738. The first-order chi connectivity index (χ1) is 9.02. The summed E-state index contributed by atoms with van der Waals surface area (Å²) in [6, 6.07) is 6.29. The zero-order chi connectivity index (χ0) is 14.3. The molecule has 1 amide bonds. The Kier molecular flexibility index (Phi) is 5.99. The van der Waals surface area contributed by atoms with Gasteiger partial charge in [-0.1, -0.05) is 12.1 Å². The molecule has 104 valence electrons. The number of hydrogen-bond donors (Lipinski definition) is 0. The zero-order valence-corrected chi connectivity index (χ0v) is 11.2. The predicted molar refractivity (Wildman–Crippen MR) is 69.0 cm³/mol. The van der Waals surface area contributed by atoms with E-state index in [1.807, 2.05) is 6.07 Å². The molecule has 1 aromatic carbocycles. The van der Waals surface area contributed by atoms with Crippen molar-refractivity contribution in [2.24, 2.45) is 0 Å². The summed E-state index contributed by atoms with van der Waals surface area (Å²) < 4.78 is 17.4. The molecule has 1 rings (SSSR count). The maximum Gasteiger partial charge on any atom is 0.306 e. The van der Waals surface area contributed by atoms with Crippen molar-refractivity contribution >= 4 is 11.9 Å². The molecule has 0 spiro atoms. The molecule has 19 heavy (non-hydrogen) atoms. The summed E-state index contributed by atoms with van der Waals surface area (Å²) in [5, 5.41) is 0. The van der Waals surface area contributed by atoms with E-state index in [9.17, 15) is 14.0 Å². The first-order valence-corrected chi connectivity index (χ1v) is 6.08. The van der Waals surface area contributed by atoms with E-state index < -0.39 is 5.97 Å². The third-order valence-corrected chi connectivity index (χ3v) is 2.82. The summed E-state index contributed by atoms with van der Waals surface area (Å²) in [7, 11) is 2.96. The fraction of sp³-hybridized carbons (Fsp3) is 0.429. The largest absolute Gasteiger partial charge is 0.469 e. The average molecular weight is 267 g/mol. The molecule has 0 aliphatic heterocycles. The van der Waals surface area contributed by atoms with Crippen LogP contribution in [-0.4, -0.2) is 37.5 Å². The van der Waals surface area contributed by atoms with E-state index in [0.29, 0.717) is 13.0 Å². The van der Waals surface area contributed by atoms with Crippen LogP contribution >= 0.6 is 0 Å². The minimum atomic E-state index is -0.396. The number of likely N-dealkylation sites (N-methyl/N-ethyl adjacent to an activating group) is 1. The molecule has 0 saturated heterocycles. The van der Waals surface area contributed by atoms with Gasteiger partial charge in [0.15, 0.2) is 0 Å². The number of nitrogens with zero attached hydrogens (tertiary/aromatic N) is 1. The van der Waals surface area contributed by atoms with Crippen molar-refractivity contribution in [1.29, 1.82) is 0 Å². The lowest BCUT2D eigenvalue weighted by atomic mass is 10.1. The molecule has 0 aliphatic carbocycles. The van der Waals surface area contributed by atoms with Gasteiger partial charge in [-0.2, -0.15) is 0 Å². The topological polar surface area (TPSA) is 46.6 Å². The molecule has 0 N–H and O–H groups in total. The van der Waals surface area contributed by atoms with Gasteiger partial charge in [0.25, 0.3) is 0 Å². The molecule has 0 unspecified atom stereocenters. The van der Waals surface area contributed by atoms with Gasteiger partial charge in [0.1, 0.15) is 5.82 Å². The SMILES string of the molecule is COC(=O)CCC(=O)N(C)CCc1cccc(F)c1. The van der Waals surface area contributed by atoms with E-state index in [1.54, 1.807) is 13.1 Å². The fourth-order valence-corrected chi connectivity index (χ4v) is 1.62. The van der Waals surface area contributed by atoms with Crippen LogP contribution in [-0.2, 0) is 20.7 Å². The molecular weight excluding hydrogens is 249 g/mol. The van der Waals surface area contributed by atoms with Crippen LogP contribution in [0.1, 0.15) is 18.4 Å². The number of hydrogen-bond acceptors (Lipinski definition) is 3. The maximum absolute atomic E-state index is 13.0. The minimum Gasteiger partial charge on any atom is -0.469 e. The lowest BCUT2D eigenvalue weighted by molar-refractivity contribution is -0.143. The predicted octanol–water partition coefficient (Wildman–Crippen LogP) is 1.78. The van der Waals surface area contributed by atoms with E-state index in [-0.39, 0.29) is 24.6 Å². The van der Waals surface area contributed by atoms with Gasteiger partial charge in [-0.25, -0.2) is 4.39 Å². The third kappa shape index (κ3) is 5.50. The molecule has 0 aromatic heterocycles. The molecule has 0 heterocycles. The molecule has 0 radical (unpaired) electrons. The average Bonchev–Trinajstić information content (AvgIpc) is 2.41. The summed E-state index contributed by atoms with van der Waals surface area (Å²) in [4.78, 5) is 24.2. The molecule has 5 heteroatoms. The smallest absolute Gasteiger partial charge is 0.306 e. The van der Waals surface area contributed by atoms with Gasteiger partial charge in [-0.15, -0.1) is 0 Å². The highest BCUT2D eigenvalue weighted by Gasteiger charge is 2.11. The highest BCUT2D eigenvalue weighted by atomic mass is 19.1. The second kappa shape index (κ2) is 7.51. The van der Waals surface area contributed by atoms with Crippen LogP contribution < -0.4 is 0 Å². The number of halogens is 1. The summed E-state index contributed by atoms with van der Waals surface area (Å²) in [5.74, 6) is -0.800. The van der Waals surface area contributed by atoms with Crippen molar-refractivity contribution in [3.8, 4) is 0 Å². The van der Waals surface area contributed by atoms with Gasteiger partial charge in [0.05, 0.1) is 13.5 Å². The third-order valence-electron chi connectivity index (χ3n) is 2.82. The van der Waals surface area contributed by atoms with Crippen LogP contribution in [0.2, 0.25) is 0 Å². The number of carbonyl (C=O) groups excluding carboxylic acids is 2. The molecule has 0 fully saturated rings. The Balaban J connectivity index is 2.36. The van der Waals surface area contributed by atoms with Crippen LogP contribution in [0.25, 0.3) is 0 Å². The standard InChI is InChI=1S/C14H18FNO3/c1-16(13(17)6-7-14(18)19-2)9-8-11-4-3-5-12(15)10-11/h3-5,10H,6-9H2,1-2H3. The van der Waals surface area contributed by atoms with Crippen LogP contribution in [0, 0.1) is 5.82 Å². The van der Waals surface area contributed by atoms with Gasteiger partial charge < -0.3 is 9.64 Å². The van der Waals surface area contributed by atoms with Crippen molar-refractivity contribution in [2.75, 3.05) is 20.7 Å². The van der Waals surface area contributed by atoms with Gasteiger partial charge in [0, 0.05) is 20.0 Å². The molecule has 0 bridgehead atoms. The van der Waals surface area contributed by atoms with Crippen LogP contribution in [0.5, 0.6) is 0 Å². The summed E-state index contributed by atoms with van der Waals surface area (Å²) in [6.45, 7) is 0.490. The number of amides is 1. The number of esters is 1. The van der Waals surface area contributed by atoms with Gasteiger partial charge in [0.2, 0.25) is 5.91 Å². The Labute approximate surface area is 112 Å². The monoisotopic (exact) mass is 267 g/mol. The zero-order valence-electron chi connectivity index (χ0n) is 11.2. The minimum absolute atomic E-state index is 0.0830. The first kappa shape index (κ1) is 15.1. The number of rotatable bonds is 6. The van der Waals surface area contributed by atoms with Crippen LogP contribution in [0.4, 0.5) is 4.39 Å². The molecule has 4 nitrogen and oxygen atoms in total. The highest BCUT2D eigenvalue weighted by molar-refractivity contribution is 5.81. The second-order valence-corrected chi connectivity index (χ2v) is 4.27. The maximum atomic E-state index is 13.0. The highest BCUT2D eigenvalue weighted by Crippen LogP contribution is 2.06. The van der Waals surface area contributed by atoms with Crippen molar-refractivity contribution < 1.29 is 18.7 Å². The number of ether oxygens (including phenoxy) is 1. The number of methoxy groups -OCH3 is 1. The van der Waals surface area contributed by atoms with Gasteiger partial charge in [-0.05, 0) is 24.1 Å². The van der Waals surface area contributed by atoms with Gasteiger partial charge in [-0.3, -0.25) is 9.59 Å². The van der Waals surface area contributed by atoms with Crippen molar-refractivity contribution in [3.05, 3.63) is 35.6 Å². The summed E-state index contributed by atoms with van der Waals surface area (Å²) in [6.07, 6.45) is 0.796. The lowest BCUT2D eigenvalue weighted by Gasteiger charge is -2.16. The Bertz CT molecular complexity index is 448. The van der Waals surface area contributed by atoms with Crippen LogP contribution in [0.15, 0.2) is 24.3 Å². The fourth-order valence-electron chi connectivity index (χ4n) is 1.62. The van der Waals surface area contributed by atoms with Crippen molar-refractivity contribution in [2.45, 2.75) is 19.3 Å². The Morgan fingerprint density at radius 1 is 1.32 bits per heavy atom. The van der Waals surface area contributed by atoms with E-state index in [4.69, 9.17) is 0 Å². The normalized spacial score (nSPS) is 10.1. The van der Waals surface area contributed by atoms with E-state index in [1.165, 1.54) is 24.1 Å². The summed E-state index contributed by atoms with van der Waals surface area (Å²) >= 11 is 0. The Morgan fingerprint density at radius 2 is 2.05 bits per heavy atom. The van der Waals surface area contributed by atoms with Crippen molar-refractivity contribution in [1.82, 2.24) is 4.90 Å². The molecule has 0 saturated carbocycles. The lowest BCUT2D eigenvalue weighted by Crippen LogP contribution is -2.29. The first-order valence-electron chi connectivity index (χ1n) is 6.08. The number of carbonyl (C=O) groups is 2. The van der Waals surface area contributed by atoms with E-state index in [2.05, 4.69) is 4.74 Å².